The van der Waals surface area contributed by atoms with Crippen LogP contribution in [0.3, 0.4) is 0 Å². The third kappa shape index (κ3) is 3.87. The van der Waals surface area contributed by atoms with Crippen molar-refractivity contribution in [3.63, 3.8) is 0 Å². The van der Waals surface area contributed by atoms with Crippen LogP contribution in [0.4, 0.5) is 5.82 Å². The topological polar surface area (TPSA) is 96.2 Å². The first-order chi connectivity index (χ1) is 14.5. The Kier molecular flexibility index (Phi) is 5.67. The Morgan fingerprint density at radius 2 is 1.93 bits per heavy atom. The van der Waals surface area contributed by atoms with Gasteiger partial charge in [0.2, 0.25) is 5.91 Å². The highest BCUT2D eigenvalue weighted by molar-refractivity contribution is 7.12. The molecular weight excluding hydrogens is 402 g/mol. The molecule has 9 nitrogen and oxygen atoms in total. The second-order valence-corrected chi connectivity index (χ2v) is 8.64. The van der Waals surface area contributed by atoms with E-state index in [1.54, 1.807) is 23.3 Å². The summed E-state index contributed by atoms with van der Waals surface area (Å²) < 4.78 is 1.73. The molecule has 1 unspecified atom stereocenters. The first-order valence-corrected chi connectivity index (χ1v) is 10.8. The van der Waals surface area contributed by atoms with Crippen LogP contribution in [0.25, 0.3) is 11.0 Å². The number of aromatic nitrogens is 4. The number of piperazine rings is 1. The number of amides is 2. The van der Waals surface area contributed by atoms with Gasteiger partial charge in [0.15, 0.2) is 5.65 Å². The summed E-state index contributed by atoms with van der Waals surface area (Å²) in [5, 5.41) is 9.95. The van der Waals surface area contributed by atoms with Crippen molar-refractivity contribution in [3.8, 4) is 0 Å². The third-order valence-corrected chi connectivity index (χ3v) is 6.23. The maximum absolute atomic E-state index is 13.2. The monoisotopic (exact) mass is 427 g/mol. The fourth-order valence-electron chi connectivity index (χ4n) is 3.67. The van der Waals surface area contributed by atoms with Crippen molar-refractivity contribution >= 4 is 40.0 Å². The van der Waals surface area contributed by atoms with Crippen molar-refractivity contribution in [2.45, 2.75) is 19.9 Å². The van der Waals surface area contributed by atoms with Crippen molar-refractivity contribution in [1.29, 1.82) is 0 Å². The lowest BCUT2D eigenvalue weighted by Gasteiger charge is -2.37. The number of carbonyl (C=O) groups is 2. The molecule has 1 atom stereocenters. The van der Waals surface area contributed by atoms with E-state index >= 15 is 0 Å². The van der Waals surface area contributed by atoms with Crippen LogP contribution >= 0.6 is 11.3 Å². The molecule has 0 aromatic carbocycles. The summed E-state index contributed by atoms with van der Waals surface area (Å²) >= 11 is 1.37. The van der Waals surface area contributed by atoms with Crippen LogP contribution in [0.2, 0.25) is 0 Å². The standard InChI is InChI=1S/C20H25N7O2S/c1-13(2)16(24-19(28)15-5-4-10-30-15)20(29)27-8-6-26(7-9-27)18-14-11-23-25(3)17(14)21-12-22-18/h4-5,10-13,16H,6-9H2,1-3H3,(H,24,28). The zero-order valence-electron chi connectivity index (χ0n) is 17.3. The largest absolute Gasteiger partial charge is 0.352 e. The van der Waals surface area contributed by atoms with E-state index < -0.39 is 6.04 Å². The van der Waals surface area contributed by atoms with Crippen molar-refractivity contribution in [2.75, 3.05) is 31.1 Å². The zero-order valence-corrected chi connectivity index (χ0v) is 18.1. The molecule has 1 fully saturated rings. The number of hydrogen-bond acceptors (Lipinski definition) is 7. The van der Waals surface area contributed by atoms with E-state index in [1.165, 1.54) is 11.3 Å². The second kappa shape index (κ2) is 8.39. The van der Waals surface area contributed by atoms with Crippen LogP contribution in [0, 0.1) is 5.92 Å². The first-order valence-electron chi connectivity index (χ1n) is 9.96. The maximum Gasteiger partial charge on any atom is 0.262 e. The van der Waals surface area contributed by atoms with Crippen molar-refractivity contribution < 1.29 is 9.59 Å². The van der Waals surface area contributed by atoms with Gasteiger partial charge in [-0.3, -0.25) is 14.3 Å². The molecule has 3 aromatic rings. The summed E-state index contributed by atoms with van der Waals surface area (Å²) in [6.45, 7) is 6.37. The number of aryl methyl sites for hydroxylation is 1. The second-order valence-electron chi connectivity index (χ2n) is 7.69. The highest BCUT2D eigenvalue weighted by Gasteiger charge is 2.31. The van der Waals surface area contributed by atoms with E-state index in [2.05, 4.69) is 25.3 Å². The van der Waals surface area contributed by atoms with Gasteiger partial charge in [-0.05, 0) is 17.4 Å². The van der Waals surface area contributed by atoms with E-state index in [4.69, 9.17) is 0 Å². The van der Waals surface area contributed by atoms with Gasteiger partial charge in [-0.2, -0.15) is 5.10 Å². The molecule has 1 saturated heterocycles. The summed E-state index contributed by atoms with van der Waals surface area (Å²) in [6, 6.07) is 3.05. The molecule has 1 aliphatic rings. The minimum absolute atomic E-state index is 0.00340. The van der Waals surface area contributed by atoms with Gasteiger partial charge in [0.25, 0.3) is 5.91 Å². The molecule has 10 heteroatoms. The van der Waals surface area contributed by atoms with Crippen LogP contribution in [0.15, 0.2) is 30.0 Å². The number of carbonyl (C=O) groups excluding carboxylic acids is 2. The Hall–Kier alpha value is -3.01. The molecule has 0 bridgehead atoms. The Bertz CT molecular complexity index is 1040. The average molecular weight is 428 g/mol. The lowest BCUT2D eigenvalue weighted by Crippen LogP contribution is -2.56. The number of thiophene rings is 1. The minimum atomic E-state index is -0.546. The summed E-state index contributed by atoms with van der Waals surface area (Å²) in [7, 11) is 1.85. The fourth-order valence-corrected chi connectivity index (χ4v) is 4.30. The molecule has 0 aliphatic carbocycles. The summed E-state index contributed by atoms with van der Waals surface area (Å²) in [6.07, 6.45) is 3.32. The van der Waals surface area contributed by atoms with Gasteiger partial charge in [-0.25, -0.2) is 9.97 Å². The summed E-state index contributed by atoms with van der Waals surface area (Å²) in [4.78, 5) is 39.0. The van der Waals surface area contributed by atoms with Gasteiger partial charge < -0.3 is 15.1 Å². The molecule has 0 radical (unpaired) electrons. The van der Waals surface area contributed by atoms with Gasteiger partial charge in [0, 0.05) is 33.2 Å². The number of hydrogen-bond donors (Lipinski definition) is 1. The van der Waals surface area contributed by atoms with Crippen molar-refractivity contribution in [2.24, 2.45) is 13.0 Å². The molecule has 158 valence electrons. The van der Waals surface area contributed by atoms with E-state index in [0.29, 0.717) is 31.1 Å². The summed E-state index contributed by atoms with van der Waals surface area (Å²) in [5.41, 5.74) is 0.787. The first kappa shape index (κ1) is 20.3. The van der Waals surface area contributed by atoms with Crippen LogP contribution in [0.1, 0.15) is 23.5 Å². The average Bonchev–Trinajstić information content (AvgIpc) is 3.42. The lowest BCUT2D eigenvalue weighted by molar-refractivity contribution is -0.134. The highest BCUT2D eigenvalue weighted by atomic mass is 32.1. The number of rotatable bonds is 5. The molecule has 0 spiro atoms. The molecule has 1 aliphatic heterocycles. The molecule has 30 heavy (non-hydrogen) atoms. The lowest BCUT2D eigenvalue weighted by atomic mass is 10.0. The maximum atomic E-state index is 13.2. The molecule has 4 rings (SSSR count). The number of fused-ring (bicyclic) bond motifs is 1. The van der Waals surface area contributed by atoms with Crippen LogP contribution in [-0.4, -0.2) is 68.7 Å². The van der Waals surface area contributed by atoms with Gasteiger partial charge >= 0.3 is 0 Å². The van der Waals surface area contributed by atoms with E-state index in [9.17, 15) is 9.59 Å². The van der Waals surface area contributed by atoms with Gasteiger partial charge in [-0.15, -0.1) is 11.3 Å². The Balaban J connectivity index is 1.43. The normalized spacial score (nSPS) is 15.6. The predicted molar refractivity (Wildman–Crippen MR) is 116 cm³/mol. The fraction of sp³-hybridized carbons (Fsp3) is 0.450. The number of nitrogens with zero attached hydrogens (tertiary/aromatic N) is 6. The molecule has 2 amide bonds. The van der Waals surface area contributed by atoms with Gasteiger partial charge in [0.1, 0.15) is 18.2 Å². The third-order valence-electron chi connectivity index (χ3n) is 5.36. The Morgan fingerprint density at radius 3 is 2.60 bits per heavy atom. The van der Waals surface area contributed by atoms with Gasteiger partial charge in [-0.1, -0.05) is 19.9 Å². The molecule has 0 saturated carbocycles. The predicted octanol–water partition coefficient (Wildman–Crippen LogP) is 1.53. The van der Waals surface area contributed by atoms with Crippen LogP contribution in [0.5, 0.6) is 0 Å². The van der Waals surface area contributed by atoms with E-state index in [-0.39, 0.29) is 17.7 Å². The summed E-state index contributed by atoms with van der Waals surface area (Å²) in [5.74, 6) is 0.599. The van der Waals surface area contributed by atoms with E-state index in [0.717, 1.165) is 16.9 Å². The van der Waals surface area contributed by atoms with Crippen molar-refractivity contribution in [3.05, 3.63) is 34.9 Å². The van der Waals surface area contributed by atoms with Crippen LogP contribution in [-0.2, 0) is 11.8 Å². The molecule has 4 heterocycles. The molecular formula is C20H25N7O2S. The molecule has 3 aromatic heterocycles. The van der Waals surface area contributed by atoms with Crippen LogP contribution < -0.4 is 10.2 Å². The number of anilines is 1. The Labute approximate surface area is 178 Å². The minimum Gasteiger partial charge on any atom is -0.352 e. The van der Waals surface area contributed by atoms with Crippen molar-refractivity contribution in [1.82, 2.24) is 30.0 Å². The SMILES string of the molecule is CC(C)C(NC(=O)c1cccs1)C(=O)N1CCN(c2ncnc3c2cnn3C)CC1. The Morgan fingerprint density at radius 1 is 1.17 bits per heavy atom. The number of nitrogens with one attached hydrogen (secondary N) is 1. The zero-order chi connectivity index (χ0) is 21.3. The molecule has 1 N–H and O–H groups in total. The quantitative estimate of drug-likeness (QED) is 0.663. The smallest absolute Gasteiger partial charge is 0.262 e. The van der Waals surface area contributed by atoms with Gasteiger partial charge in [0.05, 0.1) is 16.5 Å². The highest BCUT2D eigenvalue weighted by Crippen LogP contribution is 2.23. The van der Waals surface area contributed by atoms with E-state index in [1.807, 2.05) is 37.2 Å².